The van der Waals surface area contributed by atoms with Crippen LogP contribution >= 0.6 is 0 Å². The molecule has 0 saturated carbocycles. The van der Waals surface area contributed by atoms with E-state index in [9.17, 15) is 14.4 Å². The number of rotatable bonds is 41. The first-order chi connectivity index (χ1) is 25.4. The van der Waals surface area contributed by atoms with E-state index in [0.29, 0.717) is 19.3 Å². The van der Waals surface area contributed by atoms with Crippen molar-refractivity contribution in [3.8, 4) is 0 Å². The maximum atomic E-state index is 12.7. The topological polar surface area (TPSA) is 78.9 Å². The van der Waals surface area contributed by atoms with E-state index in [1.165, 1.54) is 148 Å². The summed E-state index contributed by atoms with van der Waals surface area (Å²) in [5.41, 5.74) is 0. The Morgan fingerprint density at radius 2 is 0.635 bits per heavy atom. The lowest BCUT2D eigenvalue weighted by Crippen LogP contribution is -2.30. The second kappa shape index (κ2) is 40.6. The zero-order valence-corrected chi connectivity index (χ0v) is 35.3. The molecule has 0 spiro atoms. The summed E-state index contributed by atoms with van der Waals surface area (Å²) in [7, 11) is 0. The Morgan fingerprint density at radius 3 is 0.942 bits per heavy atom. The maximum Gasteiger partial charge on any atom is 0.306 e. The quantitative estimate of drug-likeness (QED) is 0.0353. The Labute approximate surface area is 323 Å². The van der Waals surface area contributed by atoms with E-state index in [2.05, 4.69) is 27.7 Å². The van der Waals surface area contributed by atoms with Crippen LogP contribution in [0.25, 0.3) is 0 Å². The lowest BCUT2D eigenvalue weighted by atomic mass is 10.0. The summed E-state index contributed by atoms with van der Waals surface area (Å²) in [6.45, 7) is 8.96. The predicted octanol–water partition coefficient (Wildman–Crippen LogP) is 14.3. The smallest absolute Gasteiger partial charge is 0.306 e. The number of carbonyl (C=O) groups excluding carboxylic acids is 3. The monoisotopic (exact) mass is 737 g/mol. The summed E-state index contributed by atoms with van der Waals surface area (Å²) in [5, 5.41) is 0. The SMILES string of the molecule is CCCCCCCCCCCCCCC(=O)O[C@@H](COC(=O)CCCCCCCCC)COC(=O)CCCCCCCCCCCCCCC(C)C. The van der Waals surface area contributed by atoms with E-state index in [1.807, 2.05) is 0 Å². The van der Waals surface area contributed by atoms with Crippen LogP contribution in [0.2, 0.25) is 0 Å². The third kappa shape index (κ3) is 39.6. The lowest BCUT2D eigenvalue weighted by molar-refractivity contribution is -0.167. The molecule has 0 heterocycles. The average molecular weight is 737 g/mol. The molecule has 6 nitrogen and oxygen atoms in total. The van der Waals surface area contributed by atoms with Crippen molar-refractivity contribution in [3.63, 3.8) is 0 Å². The standard InChI is InChI=1S/C46H88O6/c1-5-7-9-11-13-14-15-19-23-27-31-35-39-46(49)52-43(40-50-44(47)37-33-29-24-12-10-8-6-2)41-51-45(48)38-34-30-26-22-20-17-16-18-21-25-28-32-36-42(3)4/h42-43H,5-41H2,1-4H3/t43-/m0/s1. The van der Waals surface area contributed by atoms with Gasteiger partial charge in [0.25, 0.3) is 0 Å². The van der Waals surface area contributed by atoms with Crippen LogP contribution in [0.15, 0.2) is 0 Å². The van der Waals surface area contributed by atoms with Crippen LogP contribution in [0, 0.1) is 5.92 Å². The highest BCUT2D eigenvalue weighted by atomic mass is 16.6. The Kier molecular flexibility index (Phi) is 39.4. The summed E-state index contributed by atoms with van der Waals surface area (Å²) in [5.74, 6) is -0.0259. The summed E-state index contributed by atoms with van der Waals surface area (Å²) >= 11 is 0. The molecule has 0 aliphatic rings. The average Bonchev–Trinajstić information content (AvgIpc) is 3.12. The van der Waals surface area contributed by atoms with Crippen molar-refractivity contribution in [2.75, 3.05) is 13.2 Å². The highest BCUT2D eigenvalue weighted by Crippen LogP contribution is 2.16. The van der Waals surface area contributed by atoms with Crippen LogP contribution in [0.5, 0.6) is 0 Å². The summed E-state index contributed by atoms with van der Waals surface area (Å²) < 4.78 is 16.7. The van der Waals surface area contributed by atoms with Crippen molar-refractivity contribution in [2.24, 2.45) is 5.92 Å². The Bertz CT molecular complexity index is 781. The van der Waals surface area contributed by atoms with Gasteiger partial charge in [-0.1, -0.05) is 214 Å². The van der Waals surface area contributed by atoms with Crippen LogP contribution in [0.4, 0.5) is 0 Å². The molecule has 52 heavy (non-hydrogen) atoms. The van der Waals surface area contributed by atoms with Crippen LogP contribution in [0.3, 0.4) is 0 Å². The fraction of sp³-hybridized carbons (Fsp3) is 0.935. The fourth-order valence-electron chi connectivity index (χ4n) is 6.80. The summed E-state index contributed by atoms with van der Waals surface area (Å²) in [6, 6.07) is 0. The van der Waals surface area contributed by atoms with Gasteiger partial charge in [-0.3, -0.25) is 14.4 Å². The van der Waals surface area contributed by atoms with Gasteiger partial charge in [0.1, 0.15) is 13.2 Å². The van der Waals surface area contributed by atoms with Crippen LogP contribution < -0.4 is 0 Å². The molecule has 0 fully saturated rings. The Hall–Kier alpha value is -1.59. The van der Waals surface area contributed by atoms with Crippen molar-refractivity contribution in [1.82, 2.24) is 0 Å². The number of hydrogen-bond donors (Lipinski definition) is 0. The van der Waals surface area contributed by atoms with E-state index >= 15 is 0 Å². The van der Waals surface area contributed by atoms with Crippen molar-refractivity contribution in [3.05, 3.63) is 0 Å². The number of ether oxygens (including phenoxy) is 3. The van der Waals surface area contributed by atoms with Gasteiger partial charge in [0, 0.05) is 19.3 Å². The van der Waals surface area contributed by atoms with Gasteiger partial charge in [-0.15, -0.1) is 0 Å². The zero-order chi connectivity index (χ0) is 38.2. The molecular weight excluding hydrogens is 648 g/mol. The molecule has 0 aliphatic heterocycles. The molecule has 0 aliphatic carbocycles. The van der Waals surface area contributed by atoms with Gasteiger partial charge in [0.05, 0.1) is 0 Å². The summed E-state index contributed by atoms with van der Waals surface area (Å²) in [6.07, 6.45) is 39.5. The molecule has 0 amide bonds. The van der Waals surface area contributed by atoms with E-state index in [-0.39, 0.29) is 31.1 Å². The van der Waals surface area contributed by atoms with Crippen LogP contribution in [-0.2, 0) is 28.6 Å². The lowest BCUT2D eigenvalue weighted by Gasteiger charge is -2.18. The zero-order valence-electron chi connectivity index (χ0n) is 35.3. The number of esters is 3. The molecule has 0 rings (SSSR count). The van der Waals surface area contributed by atoms with Gasteiger partial charge in [0.2, 0.25) is 0 Å². The van der Waals surface area contributed by atoms with Gasteiger partial charge >= 0.3 is 17.9 Å². The van der Waals surface area contributed by atoms with E-state index < -0.39 is 6.10 Å². The molecule has 0 N–H and O–H groups in total. The minimum atomic E-state index is -0.758. The molecule has 0 aromatic rings. The second-order valence-electron chi connectivity index (χ2n) is 16.2. The Morgan fingerprint density at radius 1 is 0.365 bits per heavy atom. The first-order valence-corrected chi connectivity index (χ1v) is 22.9. The first-order valence-electron chi connectivity index (χ1n) is 22.9. The minimum absolute atomic E-state index is 0.0640. The first kappa shape index (κ1) is 50.4. The molecule has 308 valence electrons. The van der Waals surface area contributed by atoms with Gasteiger partial charge in [0.15, 0.2) is 6.10 Å². The number of carbonyl (C=O) groups is 3. The third-order valence-electron chi connectivity index (χ3n) is 10.3. The second-order valence-corrected chi connectivity index (χ2v) is 16.2. The van der Waals surface area contributed by atoms with E-state index in [0.717, 1.165) is 63.7 Å². The fourth-order valence-corrected chi connectivity index (χ4v) is 6.80. The highest BCUT2D eigenvalue weighted by Gasteiger charge is 2.19. The number of unbranched alkanes of at least 4 members (excludes halogenated alkanes) is 28. The van der Waals surface area contributed by atoms with Crippen molar-refractivity contribution < 1.29 is 28.6 Å². The van der Waals surface area contributed by atoms with Crippen molar-refractivity contribution in [2.45, 2.75) is 259 Å². The van der Waals surface area contributed by atoms with Crippen molar-refractivity contribution in [1.29, 1.82) is 0 Å². The molecule has 0 saturated heterocycles. The van der Waals surface area contributed by atoms with Gasteiger partial charge < -0.3 is 14.2 Å². The van der Waals surface area contributed by atoms with E-state index in [1.54, 1.807) is 0 Å². The van der Waals surface area contributed by atoms with Crippen LogP contribution in [0.1, 0.15) is 252 Å². The van der Waals surface area contributed by atoms with E-state index in [4.69, 9.17) is 14.2 Å². The predicted molar refractivity (Wildman–Crippen MR) is 220 cm³/mol. The molecule has 6 heteroatoms. The summed E-state index contributed by atoms with van der Waals surface area (Å²) in [4.78, 5) is 37.6. The molecule has 0 radical (unpaired) electrons. The van der Waals surface area contributed by atoms with Gasteiger partial charge in [-0.05, 0) is 25.2 Å². The van der Waals surface area contributed by atoms with Crippen molar-refractivity contribution >= 4 is 17.9 Å². The molecule has 0 aromatic carbocycles. The number of hydrogen-bond acceptors (Lipinski definition) is 6. The molecular formula is C46H88O6. The molecule has 0 bridgehead atoms. The third-order valence-corrected chi connectivity index (χ3v) is 10.3. The normalized spacial score (nSPS) is 11.9. The van der Waals surface area contributed by atoms with Gasteiger partial charge in [-0.25, -0.2) is 0 Å². The molecule has 1 atom stereocenters. The van der Waals surface area contributed by atoms with Gasteiger partial charge in [-0.2, -0.15) is 0 Å². The molecule has 0 aromatic heterocycles. The minimum Gasteiger partial charge on any atom is -0.462 e. The largest absolute Gasteiger partial charge is 0.462 e. The highest BCUT2D eigenvalue weighted by molar-refractivity contribution is 5.71. The van der Waals surface area contributed by atoms with Crippen LogP contribution in [-0.4, -0.2) is 37.2 Å². The maximum absolute atomic E-state index is 12.7. The molecule has 0 unspecified atom stereocenters. The Balaban J connectivity index is 4.25.